The summed E-state index contributed by atoms with van der Waals surface area (Å²) in [5, 5.41) is 0. The van der Waals surface area contributed by atoms with Crippen molar-refractivity contribution in [1.29, 1.82) is 0 Å². The first-order chi connectivity index (χ1) is 13.6. The molecule has 0 bridgehead atoms. The largest absolute Gasteiger partial charge is 0.459 e. The monoisotopic (exact) mass is 380 g/mol. The van der Waals surface area contributed by atoms with Gasteiger partial charge in [0, 0.05) is 5.56 Å². The Morgan fingerprint density at radius 3 is 2.14 bits per heavy atom. The van der Waals surface area contributed by atoms with Crippen molar-refractivity contribution >= 4 is 24.5 Å². The molecule has 2 aromatic rings. The number of ether oxygens (including phenoxy) is 2. The molecule has 2 aromatic carbocycles. The summed E-state index contributed by atoms with van der Waals surface area (Å²) in [5.41, 5.74) is 1.01. The molecule has 6 nitrogen and oxygen atoms in total. The SMILES string of the molecule is O=Cc1ccc(C(=O)Oc2cc(C(=O)OC3CCCCC3)ccc2C=O)cc1. The Labute approximate surface area is 162 Å². The normalized spacial score (nSPS) is 14.1. The van der Waals surface area contributed by atoms with Gasteiger partial charge >= 0.3 is 11.9 Å². The van der Waals surface area contributed by atoms with Gasteiger partial charge in [-0.2, -0.15) is 0 Å². The molecule has 0 aliphatic heterocycles. The molecule has 3 rings (SSSR count). The molecule has 1 saturated carbocycles. The lowest BCUT2D eigenvalue weighted by Crippen LogP contribution is -2.21. The Morgan fingerprint density at radius 2 is 1.50 bits per heavy atom. The minimum atomic E-state index is -0.696. The second-order valence-corrected chi connectivity index (χ2v) is 6.67. The summed E-state index contributed by atoms with van der Waals surface area (Å²) in [7, 11) is 0. The highest BCUT2D eigenvalue weighted by molar-refractivity contribution is 5.95. The van der Waals surface area contributed by atoms with Crippen molar-refractivity contribution in [3.8, 4) is 5.75 Å². The van der Waals surface area contributed by atoms with Crippen LogP contribution < -0.4 is 4.74 Å². The van der Waals surface area contributed by atoms with Crippen LogP contribution in [0, 0.1) is 0 Å². The van der Waals surface area contributed by atoms with E-state index in [0.717, 1.165) is 32.1 Å². The zero-order chi connectivity index (χ0) is 19.9. The van der Waals surface area contributed by atoms with E-state index in [1.165, 1.54) is 42.5 Å². The summed E-state index contributed by atoms with van der Waals surface area (Å²) < 4.78 is 10.8. The summed E-state index contributed by atoms with van der Waals surface area (Å²) in [6.45, 7) is 0. The smallest absolute Gasteiger partial charge is 0.343 e. The molecule has 0 spiro atoms. The number of carbonyl (C=O) groups is 4. The third-order valence-electron chi connectivity index (χ3n) is 4.69. The van der Waals surface area contributed by atoms with Crippen molar-refractivity contribution in [2.24, 2.45) is 0 Å². The fraction of sp³-hybridized carbons (Fsp3) is 0.273. The highest BCUT2D eigenvalue weighted by atomic mass is 16.5. The third kappa shape index (κ3) is 4.71. The van der Waals surface area contributed by atoms with E-state index in [4.69, 9.17) is 9.47 Å². The van der Waals surface area contributed by atoms with E-state index in [1.807, 2.05) is 0 Å². The maximum Gasteiger partial charge on any atom is 0.343 e. The number of hydrogen-bond acceptors (Lipinski definition) is 6. The van der Waals surface area contributed by atoms with E-state index in [2.05, 4.69) is 0 Å². The van der Waals surface area contributed by atoms with E-state index in [-0.39, 0.29) is 28.5 Å². The first-order valence-corrected chi connectivity index (χ1v) is 9.18. The Morgan fingerprint density at radius 1 is 0.821 bits per heavy atom. The summed E-state index contributed by atoms with van der Waals surface area (Å²) in [5.74, 6) is -1.21. The molecule has 1 fully saturated rings. The van der Waals surface area contributed by atoms with Gasteiger partial charge in [0.15, 0.2) is 6.29 Å². The van der Waals surface area contributed by atoms with Crippen LogP contribution in [0.2, 0.25) is 0 Å². The summed E-state index contributed by atoms with van der Waals surface area (Å²) >= 11 is 0. The average molecular weight is 380 g/mol. The van der Waals surface area contributed by atoms with Crippen molar-refractivity contribution in [2.45, 2.75) is 38.2 Å². The second kappa shape index (κ2) is 9.08. The molecular weight excluding hydrogens is 360 g/mol. The van der Waals surface area contributed by atoms with Gasteiger partial charge in [-0.1, -0.05) is 18.6 Å². The van der Waals surface area contributed by atoms with Gasteiger partial charge in [0.1, 0.15) is 18.1 Å². The van der Waals surface area contributed by atoms with Crippen LogP contribution in [0.3, 0.4) is 0 Å². The second-order valence-electron chi connectivity index (χ2n) is 6.67. The molecule has 1 aliphatic carbocycles. The number of carbonyl (C=O) groups excluding carboxylic acids is 4. The number of benzene rings is 2. The lowest BCUT2D eigenvalue weighted by Gasteiger charge is -2.21. The van der Waals surface area contributed by atoms with Gasteiger partial charge in [-0.25, -0.2) is 9.59 Å². The Bertz CT molecular complexity index is 878. The Hall–Kier alpha value is -3.28. The zero-order valence-electron chi connectivity index (χ0n) is 15.3. The Balaban J connectivity index is 1.76. The van der Waals surface area contributed by atoms with Crippen LogP contribution >= 0.6 is 0 Å². The van der Waals surface area contributed by atoms with Crippen molar-refractivity contribution in [3.05, 3.63) is 64.7 Å². The number of esters is 2. The molecule has 0 aromatic heterocycles. The summed E-state index contributed by atoms with van der Waals surface area (Å²) in [4.78, 5) is 46.7. The highest BCUT2D eigenvalue weighted by Gasteiger charge is 2.20. The van der Waals surface area contributed by atoms with E-state index in [9.17, 15) is 19.2 Å². The lowest BCUT2D eigenvalue weighted by atomic mass is 9.98. The van der Waals surface area contributed by atoms with Crippen molar-refractivity contribution in [2.75, 3.05) is 0 Å². The van der Waals surface area contributed by atoms with Crippen LogP contribution in [-0.2, 0) is 4.74 Å². The maximum absolute atomic E-state index is 12.4. The minimum Gasteiger partial charge on any atom is -0.459 e. The maximum atomic E-state index is 12.4. The molecular formula is C22H20O6. The number of rotatable bonds is 6. The molecule has 144 valence electrons. The third-order valence-corrected chi connectivity index (χ3v) is 4.69. The predicted molar refractivity (Wildman–Crippen MR) is 101 cm³/mol. The predicted octanol–water partition coefficient (Wildman–Crippen LogP) is 4.02. The Kier molecular flexibility index (Phi) is 6.32. The number of hydrogen-bond donors (Lipinski definition) is 0. The van der Waals surface area contributed by atoms with Gasteiger partial charge in [0.2, 0.25) is 0 Å². The average Bonchev–Trinajstić information content (AvgIpc) is 2.74. The molecule has 0 radical (unpaired) electrons. The van der Waals surface area contributed by atoms with Crippen LogP contribution in [0.15, 0.2) is 42.5 Å². The van der Waals surface area contributed by atoms with Gasteiger partial charge in [0.25, 0.3) is 0 Å². The summed E-state index contributed by atoms with van der Waals surface area (Å²) in [6, 6.07) is 10.1. The first kappa shape index (κ1) is 19.5. The van der Waals surface area contributed by atoms with Crippen LogP contribution in [0.4, 0.5) is 0 Å². The molecule has 0 amide bonds. The van der Waals surface area contributed by atoms with Crippen molar-refractivity contribution in [3.63, 3.8) is 0 Å². The topological polar surface area (TPSA) is 86.7 Å². The molecule has 0 N–H and O–H groups in total. The first-order valence-electron chi connectivity index (χ1n) is 9.18. The van der Waals surface area contributed by atoms with Crippen molar-refractivity contribution in [1.82, 2.24) is 0 Å². The van der Waals surface area contributed by atoms with Gasteiger partial charge < -0.3 is 9.47 Å². The van der Waals surface area contributed by atoms with Crippen LogP contribution in [0.25, 0.3) is 0 Å². The molecule has 0 atom stereocenters. The van der Waals surface area contributed by atoms with Crippen LogP contribution in [0.5, 0.6) is 5.75 Å². The van der Waals surface area contributed by atoms with E-state index in [0.29, 0.717) is 18.1 Å². The molecule has 0 unspecified atom stereocenters. The zero-order valence-corrected chi connectivity index (χ0v) is 15.3. The quantitative estimate of drug-likeness (QED) is 0.427. The molecule has 1 aliphatic rings. The molecule has 0 heterocycles. The highest BCUT2D eigenvalue weighted by Crippen LogP contribution is 2.24. The van der Waals surface area contributed by atoms with Crippen LogP contribution in [-0.4, -0.2) is 30.6 Å². The van der Waals surface area contributed by atoms with Gasteiger partial charge in [-0.05, 0) is 56.0 Å². The van der Waals surface area contributed by atoms with E-state index >= 15 is 0 Å². The van der Waals surface area contributed by atoms with Crippen molar-refractivity contribution < 1.29 is 28.7 Å². The number of aldehydes is 2. The molecule has 0 saturated heterocycles. The van der Waals surface area contributed by atoms with E-state index in [1.54, 1.807) is 0 Å². The van der Waals surface area contributed by atoms with Gasteiger partial charge in [-0.15, -0.1) is 0 Å². The fourth-order valence-electron chi connectivity index (χ4n) is 3.11. The minimum absolute atomic E-state index is 0.0161. The molecule has 28 heavy (non-hydrogen) atoms. The molecule has 6 heteroatoms. The fourth-order valence-corrected chi connectivity index (χ4v) is 3.11. The van der Waals surface area contributed by atoms with Gasteiger partial charge in [0.05, 0.1) is 16.7 Å². The van der Waals surface area contributed by atoms with Crippen LogP contribution in [0.1, 0.15) is 73.5 Å². The van der Waals surface area contributed by atoms with Gasteiger partial charge in [-0.3, -0.25) is 9.59 Å². The lowest BCUT2D eigenvalue weighted by molar-refractivity contribution is 0.0210. The summed E-state index contributed by atoms with van der Waals surface area (Å²) in [6.07, 6.45) is 6.02. The standard InChI is InChI=1S/C22H20O6/c23-13-15-6-8-16(9-7-15)21(25)28-20-12-17(10-11-18(20)14-24)22(26)27-19-4-2-1-3-5-19/h6-14,19H,1-5H2. The van der Waals surface area contributed by atoms with E-state index < -0.39 is 11.9 Å².